The molecule has 6 heteroatoms. The molecule has 1 aliphatic rings. The number of nitrogens with one attached hydrogen (secondary N) is 3. The van der Waals surface area contributed by atoms with E-state index in [2.05, 4.69) is 20.6 Å². The van der Waals surface area contributed by atoms with Gasteiger partial charge >= 0.3 is 6.03 Å². The van der Waals surface area contributed by atoms with Gasteiger partial charge in [0.2, 0.25) is 0 Å². The van der Waals surface area contributed by atoms with Crippen LogP contribution >= 0.6 is 0 Å². The molecule has 2 atom stereocenters. The van der Waals surface area contributed by atoms with Crippen molar-refractivity contribution in [2.24, 2.45) is 0 Å². The normalized spacial score (nSPS) is 19.0. The average molecular weight is 336 g/mol. The predicted octanol–water partition coefficient (Wildman–Crippen LogP) is 2.33. The van der Waals surface area contributed by atoms with E-state index in [1.807, 2.05) is 49.4 Å². The Balaban J connectivity index is 1.41. The van der Waals surface area contributed by atoms with Gasteiger partial charge < -0.3 is 20.7 Å². The van der Waals surface area contributed by atoms with Crippen LogP contribution in [0.4, 0.5) is 4.79 Å². The van der Waals surface area contributed by atoms with Gasteiger partial charge in [-0.2, -0.15) is 0 Å². The summed E-state index contributed by atoms with van der Waals surface area (Å²) in [6.07, 6.45) is -0.0405. The van der Waals surface area contributed by atoms with Gasteiger partial charge in [0.05, 0.1) is 29.7 Å². The second kappa shape index (κ2) is 6.22. The van der Waals surface area contributed by atoms with Crippen LogP contribution in [-0.2, 0) is 13.0 Å². The third-order valence-corrected chi connectivity index (χ3v) is 4.67. The number of rotatable bonds is 3. The minimum atomic E-state index is -0.600. The van der Waals surface area contributed by atoms with Gasteiger partial charge in [-0.25, -0.2) is 9.78 Å². The zero-order chi connectivity index (χ0) is 17.4. The number of nitrogens with zero attached hydrogens (tertiary/aromatic N) is 1. The highest BCUT2D eigenvalue weighted by molar-refractivity contribution is 5.79. The van der Waals surface area contributed by atoms with Gasteiger partial charge in [-0.3, -0.25) is 0 Å². The van der Waals surface area contributed by atoms with Crippen LogP contribution in [-0.4, -0.2) is 27.2 Å². The lowest BCUT2D eigenvalue weighted by Crippen LogP contribution is -2.40. The van der Waals surface area contributed by atoms with Crippen LogP contribution in [0.25, 0.3) is 11.0 Å². The summed E-state index contributed by atoms with van der Waals surface area (Å²) in [5.74, 6) is 0.701. The molecule has 0 bridgehead atoms. The molecule has 6 nitrogen and oxygen atoms in total. The van der Waals surface area contributed by atoms with Gasteiger partial charge in [-0.05, 0) is 29.7 Å². The van der Waals surface area contributed by atoms with E-state index in [1.165, 1.54) is 0 Å². The van der Waals surface area contributed by atoms with Crippen molar-refractivity contribution in [1.29, 1.82) is 0 Å². The molecule has 1 aromatic heterocycles. The largest absolute Gasteiger partial charge is 0.390 e. The van der Waals surface area contributed by atoms with E-state index in [4.69, 9.17) is 0 Å². The molecule has 0 spiro atoms. The summed E-state index contributed by atoms with van der Waals surface area (Å²) in [6, 6.07) is 13.0. The number of urea groups is 1. The first kappa shape index (κ1) is 15.7. The molecule has 0 saturated carbocycles. The Morgan fingerprint density at radius 1 is 1.28 bits per heavy atom. The summed E-state index contributed by atoms with van der Waals surface area (Å²) >= 11 is 0. The zero-order valence-corrected chi connectivity index (χ0v) is 13.9. The fraction of sp³-hybridized carbons (Fsp3) is 0.263. The maximum absolute atomic E-state index is 12.2. The first-order valence-electron chi connectivity index (χ1n) is 8.36. The minimum absolute atomic E-state index is 0.296. The maximum atomic E-state index is 12.2. The van der Waals surface area contributed by atoms with E-state index in [1.54, 1.807) is 0 Å². The van der Waals surface area contributed by atoms with E-state index in [-0.39, 0.29) is 12.1 Å². The van der Waals surface area contributed by atoms with Crippen molar-refractivity contribution < 1.29 is 9.90 Å². The quantitative estimate of drug-likeness (QED) is 0.592. The molecule has 2 amide bonds. The molecule has 25 heavy (non-hydrogen) atoms. The fourth-order valence-corrected chi connectivity index (χ4v) is 3.41. The number of H-pyrrole nitrogens is 1. The van der Waals surface area contributed by atoms with Crippen molar-refractivity contribution >= 4 is 17.1 Å². The number of hydrogen-bond donors (Lipinski definition) is 4. The predicted molar refractivity (Wildman–Crippen MR) is 95.1 cm³/mol. The number of aliphatic hydroxyl groups is 1. The number of imidazole rings is 1. The molecule has 3 aromatic rings. The van der Waals surface area contributed by atoms with Crippen molar-refractivity contribution in [1.82, 2.24) is 20.6 Å². The summed E-state index contributed by atoms with van der Waals surface area (Å²) < 4.78 is 0. The van der Waals surface area contributed by atoms with Crippen molar-refractivity contribution in [2.75, 3.05) is 0 Å². The molecule has 128 valence electrons. The maximum Gasteiger partial charge on any atom is 0.315 e. The van der Waals surface area contributed by atoms with E-state index in [0.29, 0.717) is 18.8 Å². The smallest absolute Gasteiger partial charge is 0.315 e. The van der Waals surface area contributed by atoms with Gasteiger partial charge in [-0.1, -0.05) is 36.4 Å². The van der Waals surface area contributed by atoms with Gasteiger partial charge in [0, 0.05) is 6.42 Å². The van der Waals surface area contributed by atoms with Crippen LogP contribution in [0.3, 0.4) is 0 Å². The first-order valence-corrected chi connectivity index (χ1v) is 8.36. The lowest BCUT2D eigenvalue weighted by molar-refractivity contribution is 0.142. The van der Waals surface area contributed by atoms with Crippen LogP contribution < -0.4 is 10.6 Å². The highest BCUT2D eigenvalue weighted by Gasteiger charge is 2.31. The fourth-order valence-electron chi connectivity index (χ4n) is 3.41. The summed E-state index contributed by atoms with van der Waals surface area (Å²) in [4.78, 5) is 20.0. The Hall–Kier alpha value is -2.86. The van der Waals surface area contributed by atoms with Crippen LogP contribution in [0, 0.1) is 6.92 Å². The van der Waals surface area contributed by atoms with Crippen molar-refractivity contribution in [3.8, 4) is 0 Å². The number of amides is 2. The Labute approximate surface area is 145 Å². The number of aliphatic hydroxyl groups excluding tert-OH is 1. The van der Waals surface area contributed by atoms with Crippen molar-refractivity contribution in [3.05, 3.63) is 65.0 Å². The Morgan fingerprint density at radius 3 is 2.96 bits per heavy atom. The number of benzene rings is 2. The molecule has 0 radical (unpaired) electrons. The molecule has 2 aromatic carbocycles. The number of carbonyl (C=O) groups excluding carboxylic acids is 1. The second-order valence-corrected chi connectivity index (χ2v) is 6.43. The lowest BCUT2D eigenvalue weighted by Gasteiger charge is -2.18. The van der Waals surface area contributed by atoms with Crippen LogP contribution in [0.2, 0.25) is 0 Å². The lowest BCUT2D eigenvalue weighted by atomic mass is 10.1. The molecule has 4 rings (SSSR count). The Kier molecular flexibility index (Phi) is 3.89. The molecule has 0 saturated heterocycles. The summed E-state index contributed by atoms with van der Waals surface area (Å²) in [7, 11) is 0. The zero-order valence-electron chi connectivity index (χ0n) is 13.9. The van der Waals surface area contributed by atoms with Crippen LogP contribution in [0.5, 0.6) is 0 Å². The van der Waals surface area contributed by atoms with E-state index >= 15 is 0 Å². The van der Waals surface area contributed by atoms with E-state index in [0.717, 1.165) is 27.7 Å². The average Bonchev–Trinajstić information content (AvgIpc) is 3.15. The molecule has 0 aliphatic heterocycles. The first-order chi connectivity index (χ1) is 12.1. The number of hydrogen-bond acceptors (Lipinski definition) is 3. The van der Waals surface area contributed by atoms with Crippen molar-refractivity contribution in [3.63, 3.8) is 0 Å². The number of aryl methyl sites for hydroxylation is 1. The Morgan fingerprint density at radius 2 is 2.12 bits per heavy atom. The van der Waals surface area contributed by atoms with Gasteiger partial charge in [0.25, 0.3) is 0 Å². The van der Waals surface area contributed by atoms with E-state index < -0.39 is 6.10 Å². The molecule has 1 aliphatic carbocycles. The summed E-state index contributed by atoms with van der Waals surface area (Å²) in [6.45, 7) is 2.30. The number of aromatic amines is 1. The van der Waals surface area contributed by atoms with Crippen LogP contribution in [0.15, 0.2) is 42.5 Å². The van der Waals surface area contributed by atoms with E-state index in [9.17, 15) is 9.90 Å². The highest BCUT2D eigenvalue weighted by atomic mass is 16.3. The number of fused-ring (bicyclic) bond motifs is 2. The van der Waals surface area contributed by atoms with Gasteiger partial charge in [0.1, 0.15) is 5.82 Å². The summed E-state index contributed by atoms with van der Waals surface area (Å²) in [5, 5.41) is 15.9. The Bertz CT molecular complexity index is 934. The SMILES string of the molecule is Cc1cccc2[nH]c(CNC(=O)NC3c4ccccc4CC3O)nc12. The number of aromatic nitrogens is 2. The van der Waals surface area contributed by atoms with Gasteiger partial charge in [-0.15, -0.1) is 0 Å². The molecule has 2 unspecified atom stereocenters. The van der Waals surface area contributed by atoms with Gasteiger partial charge in [0.15, 0.2) is 0 Å². The monoisotopic (exact) mass is 336 g/mol. The second-order valence-electron chi connectivity index (χ2n) is 6.43. The third kappa shape index (κ3) is 2.96. The topological polar surface area (TPSA) is 90.0 Å². The number of carbonyl (C=O) groups is 1. The molecule has 1 heterocycles. The minimum Gasteiger partial charge on any atom is -0.390 e. The molecular weight excluding hydrogens is 316 g/mol. The van der Waals surface area contributed by atoms with Crippen LogP contribution in [0.1, 0.15) is 28.6 Å². The molecule has 4 N–H and O–H groups in total. The highest BCUT2D eigenvalue weighted by Crippen LogP contribution is 2.31. The molecule has 0 fully saturated rings. The summed E-state index contributed by atoms with van der Waals surface area (Å²) in [5.41, 5.74) is 5.02. The van der Waals surface area contributed by atoms with Crippen molar-refractivity contribution in [2.45, 2.75) is 32.0 Å². The standard InChI is InChI=1S/C19H20N4O2/c1-11-5-4-8-14-17(11)22-16(21-14)10-20-19(25)23-18-13-7-3-2-6-12(13)9-15(18)24/h2-8,15,18,24H,9-10H2,1H3,(H,21,22)(H2,20,23,25). The number of para-hydroxylation sites is 1. The third-order valence-electron chi connectivity index (χ3n) is 4.67. The molecular formula is C19H20N4O2.